The maximum Gasteiger partial charge on any atom is 0.308 e. The van der Waals surface area contributed by atoms with E-state index >= 15 is 0 Å². The lowest BCUT2D eigenvalue weighted by molar-refractivity contribution is -0.149. The van der Waals surface area contributed by atoms with Crippen molar-refractivity contribution in [3.05, 3.63) is 0 Å². The quantitative estimate of drug-likeness (QED) is 0.120. The van der Waals surface area contributed by atoms with Gasteiger partial charge >= 0.3 is 5.97 Å². The van der Waals surface area contributed by atoms with Gasteiger partial charge in [0.1, 0.15) is 0 Å². The zero-order valence-electron chi connectivity index (χ0n) is 21.3. The number of esters is 1. The maximum atomic E-state index is 12.5. The molecule has 30 heavy (non-hydrogen) atoms. The lowest BCUT2D eigenvalue weighted by atomic mass is 9.95. The lowest BCUT2D eigenvalue weighted by Gasteiger charge is -2.19. The molecule has 0 amide bonds. The lowest BCUT2D eigenvalue weighted by Crippen LogP contribution is -2.20. The Morgan fingerprint density at radius 1 is 0.567 bits per heavy atom. The van der Waals surface area contributed by atoms with E-state index in [0.717, 1.165) is 6.42 Å². The number of ether oxygens (including phenoxy) is 1. The van der Waals surface area contributed by atoms with E-state index < -0.39 is 0 Å². The van der Waals surface area contributed by atoms with E-state index in [-0.39, 0.29) is 11.9 Å². The van der Waals surface area contributed by atoms with E-state index in [1.54, 1.807) is 0 Å². The van der Waals surface area contributed by atoms with Crippen molar-refractivity contribution < 1.29 is 9.53 Å². The van der Waals surface area contributed by atoms with E-state index in [0.29, 0.717) is 12.5 Å². The van der Waals surface area contributed by atoms with Crippen molar-refractivity contribution in [2.24, 2.45) is 11.8 Å². The predicted molar refractivity (Wildman–Crippen MR) is 133 cm³/mol. The topological polar surface area (TPSA) is 26.3 Å². The van der Waals surface area contributed by atoms with Crippen molar-refractivity contribution >= 4 is 5.97 Å². The van der Waals surface area contributed by atoms with Crippen LogP contribution in [0.1, 0.15) is 156 Å². The number of hydrogen-bond acceptors (Lipinski definition) is 2. The second-order valence-electron chi connectivity index (χ2n) is 9.71. The molecule has 180 valence electrons. The van der Waals surface area contributed by atoms with Gasteiger partial charge in [-0.2, -0.15) is 0 Å². The van der Waals surface area contributed by atoms with Crippen LogP contribution in [0.15, 0.2) is 0 Å². The molecule has 0 aliphatic heterocycles. The summed E-state index contributed by atoms with van der Waals surface area (Å²) in [5.74, 6) is 0.681. The molecule has 0 saturated carbocycles. The highest BCUT2D eigenvalue weighted by Crippen LogP contribution is 2.20. The first-order chi connectivity index (χ1) is 14.7. The summed E-state index contributed by atoms with van der Waals surface area (Å²) in [5, 5.41) is 0. The highest BCUT2D eigenvalue weighted by atomic mass is 16.5. The summed E-state index contributed by atoms with van der Waals surface area (Å²) in [6, 6.07) is 0. The van der Waals surface area contributed by atoms with E-state index in [1.807, 2.05) is 0 Å². The minimum Gasteiger partial charge on any atom is -0.465 e. The van der Waals surface area contributed by atoms with Crippen molar-refractivity contribution in [2.75, 3.05) is 6.61 Å². The molecule has 0 saturated heterocycles. The van der Waals surface area contributed by atoms with Crippen LogP contribution < -0.4 is 0 Å². The third-order valence-corrected chi connectivity index (χ3v) is 6.54. The molecule has 0 aliphatic carbocycles. The number of hydrogen-bond donors (Lipinski definition) is 0. The van der Waals surface area contributed by atoms with Gasteiger partial charge < -0.3 is 4.74 Å². The molecule has 0 radical (unpaired) electrons. The standard InChI is InChI=1S/C28H56O2/c1-5-8-11-14-15-16-18-19-22-26(4)28(29)30-25-27(23-20-13-10-7-3)24-21-17-12-9-6-2/h26-27H,5-25H2,1-4H3. The molecule has 2 nitrogen and oxygen atoms in total. The first kappa shape index (κ1) is 29.5. The third-order valence-electron chi connectivity index (χ3n) is 6.54. The second kappa shape index (κ2) is 23.1. The van der Waals surface area contributed by atoms with Gasteiger partial charge in [-0.05, 0) is 25.2 Å². The Hall–Kier alpha value is -0.530. The number of carbonyl (C=O) groups is 1. The van der Waals surface area contributed by atoms with Gasteiger partial charge in [0.25, 0.3) is 0 Å². The van der Waals surface area contributed by atoms with Crippen molar-refractivity contribution in [3.63, 3.8) is 0 Å². The summed E-state index contributed by atoms with van der Waals surface area (Å²) in [7, 11) is 0. The summed E-state index contributed by atoms with van der Waals surface area (Å²) in [5.41, 5.74) is 0. The van der Waals surface area contributed by atoms with Crippen LogP contribution in [0.5, 0.6) is 0 Å². The molecular formula is C28H56O2. The highest BCUT2D eigenvalue weighted by molar-refractivity contribution is 5.71. The molecule has 0 bridgehead atoms. The normalized spacial score (nSPS) is 13.3. The Morgan fingerprint density at radius 3 is 1.40 bits per heavy atom. The molecule has 0 aliphatic rings. The van der Waals surface area contributed by atoms with E-state index in [9.17, 15) is 4.79 Å². The molecule has 2 atom stereocenters. The molecule has 0 spiro atoms. The van der Waals surface area contributed by atoms with Gasteiger partial charge in [-0.25, -0.2) is 0 Å². The van der Waals surface area contributed by atoms with Crippen LogP contribution in [-0.2, 0) is 9.53 Å². The Labute approximate surface area is 190 Å². The van der Waals surface area contributed by atoms with Crippen LogP contribution in [0.25, 0.3) is 0 Å². The number of unbranched alkanes of at least 4 members (excludes halogenated alkanes) is 14. The first-order valence-corrected chi connectivity index (χ1v) is 13.8. The van der Waals surface area contributed by atoms with Gasteiger partial charge in [0.05, 0.1) is 12.5 Å². The molecule has 0 aromatic rings. The van der Waals surface area contributed by atoms with Crippen LogP contribution in [0.3, 0.4) is 0 Å². The average Bonchev–Trinajstić information content (AvgIpc) is 2.75. The fraction of sp³-hybridized carbons (Fsp3) is 0.964. The molecule has 0 heterocycles. The van der Waals surface area contributed by atoms with Crippen LogP contribution in [-0.4, -0.2) is 12.6 Å². The van der Waals surface area contributed by atoms with Crippen LogP contribution >= 0.6 is 0 Å². The first-order valence-electron chi connectivity index (χ1n) is 13.8. The average molecular weight is 425 g/mol. The Balaban J connectivity index is 3.99. The molecular weight excluding hydrogens is 368 g/mol. The molecule has 0 rings (SSSR count). The van der Waals surface area contributed by atoms with Gasteiger partial charge in [0, 0.05) is 0 Å². The molecule has 0 aromatic carbocycles. The van der Waals surface area contributed by atoms with Crippen molar-refractivity contribution in [1.29, 1.82) is 0 Å². The Morgan fingerprint density at radius 2 is 0.933 bits per heavy atom. The molecule has 0 N–H and O–H groups in total. The SMILES string of the molecule is CCCCCCCCCCC(C)C(=O)OCC(CCCCCC)CCCCCCC. The second-order valence-corrected chi connectivity index (χ2v) is 9.71. The highest BCUT2D eigenvalue weighted by Gasteiger charge is 2.17. The third kappa shape index (κ3) is 19.4. The van der Waals surface area contributed by atoms with E-state index in [1.165, 1.54) is 122 Å². The minimum atomic E-state index is 0.0440. The molecule has 0 fully saturated rings. The summed E-state index contributed by atoms with van der Waals surface area (Å²) in [4.78, 5) is 12.5. The summed E-state index contributed by atoms with van der Waals surface area (Å²) in [6.45, 7) is 9.51. The minimum absolute atomic E-state index is 0.0440. The summed E-state index contributed by atoms with van der Waals surface area (Å²) in [6.07, 6.45) is 25.9. The van der Waals surface area contributed by atoms with Crippen molar-refractivity contribution in [3.8, 4) is 0 Å². The van der Waals surface area contributed by atoms with Gasteiger partial charge in [0.2, 0.25) is 0 Å². The fourth-order valence-corrected chi connectivity index (χ4v) is 4.25. The zero-order valence-corrected chi connectivity index (χ0v) is 21.3. The number of carbonyl (C=O) groups excluding carboxylic acids is 1. The van der Waals surface area contributed by atoms with Crippen molar-refractivity contribution in [2.45, 2.75) is 156 Å². The smallest absolute Gasteiger partial charge is 0.308 e. The Bertz CT molecular complexity index is 353. The maximum absolute atomic E-state index is 12.5. The van der Waals surface area contributed by atoms with Crippen LogP contribution in [0, 0.1) is 11.8 Å². The predicted octanol–water partition coefficient (Wildman–Crippen LogP) is 9.64. The van der Waals surface area contributed by atoms with E-state index in [4.69, 9.17) is 4.74 Å². The molecule has 2 heteroatoms. The summed E-state index contributed by atoms with van der Waals surface area (Å²) >= 11 is 0. The van der Waals surface area contributed by atoms with Gasteiger partial charge in [-0.3, -0.25) is 4.79 Å². The largest absolute Gasteiger partial charge is 0.465 e. The monoisotopic (exact) mass is 424 g/mol. The van der Waals surface area contributed by atoms with Gasteiger partial charge in [0.15, 0.2) is 0 Å². The van der Waals surface area contributed by atoms with Crippen LogP contribution in [0.2, 0.25) is 0 Å². The summed E-state index contributed by atoms with van der Waals surface area (Å²) < 4.78 is 5.78. The molecule has 0 aromatic heterocycles. The van der Waals surface area contributed by atoms with E-state index in [2.05, 4.69) is 27.7 Å². The Kier molecular flexibility index (Phi) is 22.7. The van der Waals surface area contributed by atoms with Crippen molar-refractivity contribution in [1.82, 2.24) is 0 Å². The van der Waals surface area contributed by atoms with Gasteiger partial charge in [-0.1, -0.05) is 137 Å². The molecule has 2 unspecified atom stereocenters. The number of rotatable bonds is 23. The van der Waals surface area contributed by atoms with Crippen LogP contribution in [0.4, 0.5) is 0 Å². The fourth-order valence-electron chi connectivity index (χ4n) is 4.25. The zero-order chi connectivity index (χ0) is 22.3. The van der Waals surface area contributed by atoms with Gasteiger partial charge in [-0.15, -0.1) is 0 Å².